The molecule has 0 heterocycles. The van der Waals surface area contributed by atoms with Gasteiger partial charge in [-0.1, -0.05) is 19.8 Å². The summed E-state index contributed by atoms with van der Waals surface area (Å²) in [7, 11) is 0. The van der Waals surface area contributed by atoms with Crippen LogP contribution >= 0.6 is 0 Å². The van der Waals surface area contributed by atoms with E-state index in [1.54, 1.807) is 0 Å². The maximum absolute atomic E-state index is 11.6. The number of ketones is 1. The first-order valence-electron chi connectivity index (χ1n) is 5.78. The van der Waals surface area contributed by atoms with E-state index in [0.717, 1.165) is 12.8 Å². The zero-order chi connectivity index (χ0) is 10.2. The van der Waals surface area contributed by atoms with Gasteiger partial charge in [0.05, 0.1) is 0 Å². The van der Waals surface area contributed by atoms with Gasteiger partial charge in [-0.05, 0) is 30.6 Å². The monoisotopic (exact) mass is 202 g/mol. The molecule has 0 radical (unpaired) electrons. The molecule has 0 aromatic rings. The summed E-state index contributed by atoms with van der Waals surface area (Å²) in [6, 6.07) is 0. The average molecular weight is 202 g/mol. The summed E-state index contributed by atoms with van der Waals surface area (Å²) in [5.41, 5.74) is 0.307. The Balaban J connectivity index is 0.00000112. The van der Waals surface area contributed by atoms with Gasteiger partial charge in [-0.25, -0.2) is 0 Å². The van der Waals surface area contributed by atoms with Crippen molar-refractivity contribution in [3.05, 3.63) is 0 Å². The van der Waals surface area contributed by atoms with Crippen molar-refractivity contribution in [1.82, 2.24) is 0 Å². The second-order valence-electron chi connectivity index (χ2n) is 5.25. The van der Waals surface area contributed by atoms with Gasteiger partial charge >= 0.3 is 18.9 Å². The molecule has 0 amide bonds. The standard InChI is InChI=1S/C12H19O2.Li/c1-12-6-3-2-4-10(12)9(8-13)11(14)5-7-12;/h9-10H,2-8H2,1H3;/q-1;+1/t9-,10-,12-;/m0./s1. The molecule has 3 atom stereocenters. The van der Waals surface area contributed by atoms with E-state index >= 15 is 0 Å². The predicted octanol–water partition coefficient (Wildman–Crippen LogP) is -1.47. The van der Waals surface area contributed by atoms with Gasteiger partial charge in [0.2, 0.25) is 0 Å². The van der Waals surface area contributed by atoms with Gasteiger partial charge in [-0.15, -0.1) is 6.61 Å². The molecule has 15 heavy (non-hydrogen) atoms. The molecule has 0 bridgehead atoms. The van der Waals surface area contributed by atoms with Crippen LogP contribution in [0.5, 0.6) is 0 Å². The molecule has 0 aromatic carbocycles. The van der Waals surface area contributed by atoms with Crippen LogP contribution < -0.4 is 24.0 Å². The number of fused-ring (bicyclic) bond motifs is 1. The molecule has 2 aliphatic carbocycles. The Morgan fingerprint density at radius 1 is 1.40 bits per heavy atom. The second kappa shape index (κ2) is 5.04. The van der Waals surface area contributed by atoms with Gasteiger partial charge in [0, 0.05) is 12.3 Å². The summed E-state index contributed by atoms with van der Waals surface area (Å²) in [4.78, 5) is 11.6. The number of rotatable bonds is 1. The van der Waals surface area contributed by atoms with E-state index in [1.165, 1.54) is 19.3 Å². The van der Waals surface area contributed by atoms with E-state index in [1.807, 2.05) is 0 Å². The fourth-order valence-electron chi connectivity index (χ4n) is 3.45. The molecule has 0 N–H and O–H groups in total. The SMILES string of the molecule is C[C@@]12CCCC[C@H]1[C@H](C[O-])C(=O)CC2.[Li+]. The van der Waals surface area contributed by atoms with E-state index in [9.17, 15) is 9.90 Å². The zero-order valence-electron chi connectivity index (χ0n) is 9.92. The maximum Gasteiger partial charge on any atom is 1.00 e. The molecule has 0 aliphatic heterocycles. The van der Waals surface area contributed by atoms with Crippen LogP contribution in [0.2, 0.25) is 0 Å². The van der Waals surface area contributed by atoms with Gasteiger partial charge in [0.1, 0.15) is 5.78 Å². The van der Waals surface area contributed by atoms with Gasteiger partial charge < -0.3 is 5.11 Å². The van der Waals surface area contributed by atoms with E-state index in [4.69, 9.17) is 0 Å². The maximum atomic E-state index is 11.6. The van der Waals surface area contributed by atoms with Crippen molar-refractivity contribution < 1.29 is 28.8 Å². The Morgan fingerprint density at radius 3 is 2.80 bits per heavy atom. The average Bonchev–Trinajstić information content (AvgIpc) is 2.19. The van der Waals surface area contributed by atoms with Gasteiger partial charge in [-0.3, -0.25) is 4.79 Å². The molecule has 0 saturated heterocycles. The van der Waals surface area contributed by atoms with Crippen molar-refractivity contribution in [1.29, 1.82) is 0 Å². The molecule has 80 valence electrons. The number of Topliss-reactive ketones (excluding diaryl/α,β-unsaturated/α-hetero) is 1. The largest absolute Gasteiger partial charge is 1.00 e. The number of carbonyl (C=O) groups excluding carboxylic acids is 1. The van der Waals surface area contributed by atoms with Crippen LogP contribution in [0.1, 0.15) is 45.4 Å². The Labute approximate surface area is 104 Å². The van der Waals surface area contributed by atoms with Crippen molar-refractivity contribution in [2.75, 3.05) is 6.61 Å². The quantitative estimate of drug-likeness (QED) is 0.487. The van der Waals surface area contributed by atoms with E-state index in [2.05, 4.69) is 6.92 Å². The zero-order valence-corrected chi connectivity index (χ0v) is 9.92. The van der Waals surface area contributed by atoms with Crippen molar-refractivity contribution in [3.8, 4) is 0 Å². The summed E-state index contributed by atoms with van der Waals surface area (Å²) < 4.78 is 0. The third-order valence-electron chi connectivity index (χ3n) is 4.43. The Morgan fingerprint density at radius 2 is 2.13 bits per heavy atom. The molecular weight excluding hydrogens is 183 g/mol. The van der Waals surface area contributed by atoms with Crippen LogP contribution in [-0.2, 0) is 4.79 Å². The molecular formula is C12H19LiO2. The van der Waals surface area contributed by atoms with Crippen LogP contribution in [-0.4, -0.2) is 12.4 Å². The minimum atomic E-state index is -0.181. The molecule has 2 nitrogen and oxygen atoms in total. The summed E-state index contributed by atoms with van der Waals surface area (Å²) in [5.74, 6) is 0.480. The normalized spacial score (nSPS) is 40.5. The summed E-state index contributed by atoms with van der Waals surface area (Å²) in [6.45, 7) is 2.10. The van der Waals surface area contributed by atoms with Gasteiger partial charge in [0.15, 0.2) is 0 Å². The van der Waals surface area contributed by atoms with Crippen LogP contribution in [0.25, 0.3) is 0 Å². The van der Waals surface area contributed by atoms with Crippen molar-refractivity contribution in [2.24, 2.45) is 17.3 Å². The molecule has 0 aromatic heterocycles. The minimum Gasteiger partial charge on any atom is -0.854 e. The molecule has 2 aliphatic rings. The van der Waals surface area contributed by atoms with Crippen LogP contribution in [0, 0.1) is 17.3 Å². The number of hydrogen-bond donors (Lipinski definition) is 0. The van der Waals surface area contributed by atoms with Gasteiger partial charge in [0.25, 0.3) is 0 Å². The molecule has 0 unspecified atom stereocenters. The molecule has 2 fully saturated rings. The van der Waals surface area contributed by atoms with Crippen LogP contribution in [0.3, 0.4) is 0 Å². The first-order chi connectivity index (χ1) is 6.67. The molecule has 2 rings (SSSR count). The molecule has 3 heteroatoms. The van der Waals surface area contributed by atoms with Crippen LogP contribution in [0.4, 0.5) is 0 Å². The van der Waals surface area contributed by atoms with Crippen molar-refractivity contribution in [2.45, 2.75) is 45.4 Å². The van der Waals surface area contributed by atoms with E-state index in [0.29, 0.717) is 17.8 Å². The molecule has 0 spiro atoms. The fourth-order valence-corrected chi connectivity index (χ4v) is 3.45. The summed E-state index contributed by atoms with van der Waals surface area (Å²) in [6.07, 6.45) is 6.50. The topological polar surface area (TPSA) is 40.1 Å². The molecule has 2 saturated carbocycles. The number of carbonyl (C=O) groups is 1. The summed E-state index contributed by atoms with van der Waals surface area (Å²) >= 11 is 0. The Kier molecular flexibility index (Phi) is 4.47. The van der Waals surface area contributed by atoms with Crippen LogP contribution in [0.15, 0.2) is 0 Å². The Hall–Kier alpha value is 0.227. The van der Waals surface area contributed by atoms with E-state index in [-0.39, 0.29) is 37.2 Å². The van der Waals surface area contributed by atoms with E-state index < -0.39 is 0 Å². The summed E-state index contributed by atoms with van der Waals surface area (Å²) in [5, 5.41) is 11.1. The fraction of sp³-hybridized carbons (Fsp3) is 0.917. The first kappa shape index (κ1) is 13.3. The smallest absolute Gasteiger partial charge is 0.854 e. The van der Waals surface area contributed by atoms with Crippen molar-refractivity contribution in [3.63, 3.8) is 0 Å². The first-order valence-corrected chi connectivity index (χ1v) is 5.78. The van der Waals surface area contributed by atoms with Gasteiger partial charge in [-0.2, -0.15) is 0 Å². The Bertz CT molecular complexity index is 242. The minimum absolute atomic E-state index is 0. The predicted molar refractivity (Wildman–Crippen MR) is 52.7 cm³/mol. The number of hydrogen-bond acceptors (Lipinski definition) is 2. The third kappa shape index (κ3) is 2.33. The second-order valence-corrected chi connectivity index (χ2v) is 5.25. The van der Waals surface area contributed by atoms with Crippen molar-refractivity contribution >= 4 is 5.78 Å². The third-order valence-corrected chi connectivity index (χ3v) is 4.43.